The van der Waals surface area contributed by atoms with E-state index < -0.39 is 15.8 Å². The normalized spacial score (nSPS) is 21.9. The zero-order valence-electron chi connectivity index (χ0n) is 11.6. The van der Waals surface area contributed by atoms with Crippen molar-refractivity contribution in [1.29, 1.82) is 0 Å². The number of nitrogen functional groups attached to an aromatic ring is 1. The van der Waals surface area contributed by atoms with E-state index in [9.17, 15) is 8.42 Å². The van der Waals surface area contributed by atoms with E-state index >= 15 is 0 Å². The molecule has 0 aliphatic carbocycles. The van der Waals surface area contributed by atoms with E-state index in [0.29, 0.717) is 32.0 Å². The zero-order chi connectivity index (χ0) is 15.1. The first-order valence-electron chi connectivity index (χ1n) is 6.85. The molecule has 1 aromatic carbocycles. The summed E-state index contributed by atoms with van der Waals surface area (Å²) in [4.78, 5) is 2.01. The predicted octanol–water partition coefficient (Wildman–Crippen LogP) is 0.260. The molecular formula is C13H19N3O4S. The lowest BCUT2D eigenvalue weighted by Gasteiger charge is -2.39. The molecule has 116 valence electrons. The summed E-state index contributed by atoms with van der Waals surface area (Å²) in [5.74, 6) is -0.469. The Morgan fingerprint density at radius 2 is 1.76 bits per heavy atom. The van der Waals surface area contributed by atoms with Gasteiger partial charge in [0.15, 0.2) is 5.79 Å². The molecule has 7 nitrogen and oxygen atoms in total. The number of nitrogens with two attached hydrogens (primary N) is 2. The number of anilines is 2. The van der Waals surface area contributed by atoms with Crippen LogP contribution in [0.1, 0.15) is 12.8 Å². The molecule has 0 atom stereocenters. The van der Waals surface area contributed by atoms with Gasteiger partial charge in [-0.3, -0.25) is 0 Å². The van der Waals surface area contributed by atoms with Gasteiger partial charge in [0.25, 0.3) is 0 Å². The zero-order valence-corrected chi connectivity index (χ0v) is 12.4. The topological polar surface area (TPSA) is 108 Å². The number of sulfonamides is 1. The summed E-state index contributed by atoms with van der Waals surface area (Å²) >= 11 is 0. The van der Waals surface area contributed by atoms with Gasteiger partial charge in [0.05, 0.1) is 24.6 Å². The van der Waals surface area contributed by atoms with Crippen LogP contribution in [-0.2, 0) is 19.5 Å². The number of hydrogen-bond acceptors (Lipinski definition) is 6. The third-order valence-corrected chi connectivity index (χ3v) is 5.00. The van der Waals surface area contributed by atoms with E-state index in [2.05, 4.69) is 0 Å². The van der Waals surface area contributed by atoms with Gasteiger partial charge in [0.1, 0.15) is 4.90 Å². The average molecular weight is 313 g/mol. The Balaban J connectivity index is 1.83. The van der Waals surface area contributed by atoms with E-state index in [0.717, 1.165) is 12.8 Å². The maximum Gasteiger partial charge on any atom is 0.240 e. The minimum absolute atomic E-state index is 0.0337. The number of para-hydroxylation sites is 1. The van der Waals surface area contributed by atoms with Crippen LogP contribution in [0.4, 0.5) is 11.4 Å². The monoisotopic (exact) mass is 313 g/mol. The molecule has 2 saturated heterocycles. The predicted molar refractivity (Wildman–Crippen MR) is 78.3 cm³/mol. The van der Waals surface area contributed by atoms with E-state index in [-0.39, 0.29) is 10.6 Å². The van der Waals surface area contributed by atoms with Crippen LogP contribution in [0.5, 0.6) is 0 Å². The first-order chi connectivity index (χ1) is 9.91. The molecule has 2 fully saturated rings. The van der Waals surface area contributed by atoms with Crippen LogP contribution in [-0.4, -0.2) is 40.5 Å². The molecule has 1 aromatic rings. The highest BCUT2D eigenvalue weighted by Crippen LogP contribution is 2.36. The second kappa shape index (κ2) is 5.13. The third-order valence-electron chi connectivity index (χ3n) is 4.03. The summed E-state index contributed by atoms with van der Waals surface area (Å²) in [7, 11) is -3.82. The lowest BCUT2D eigenvalue weighted by Crippen LogP contribution is -2.45. The molecule has 0 unspecified atom stereocenters. The van der Waals surface area contributed by atoms with Crippen LogP contribution in [0.3, 0.4) is 0 Å². The molecule has 0 aromatic heterocycles. The Labute approximate surface area is 123 Å². The average Bonchev–Trinajstić information content (AvgIpc) is 2.87. The molecule has 0 amide bonds. The first kappa shape index (κ1) is 14.6. The Kier molecular flexibility index (Phi) is 3.56. The third kappa shape index (κ3) is 2.71. The Morgan fingerprint density at radius 1 is 1.14 bits per heavy atom. The molecule has 21 heavy (non-hydrogen) atoms. The van der Waals surface area contributed by atoms with Gasteiger partial charge >= 0.3 is 0 Å². The fraction of sp³-hybridized carbons (Fsp3) is 0.538. The highest BCUT2D eigenvalue weighted by molar-refractivity contribution is 7.89. The smallest absolute Gasteiger partial charge is 0.240 e. The molecule has 1 spiro atoms. The van der Waals surface area contributed by atoms with Crippen LogP contribution >= 0.6 is 0 Å². The van der Waals surface area contributed by atoms with E-state index in [4.69, 9.17) is 20.3 Å². The number of benzene rings is 1. The minimum atomic E-state index is -3.82. The van der Waals surface area contributed by atoms with E-state index in [1.54, 1.807) is 12.1 Å². The highest BCUT2D eigenvalue weighted by Gasteiger charge is 2.40. The maximum atomic E-state index is 11.5. The molecule has 3 rings (SSSR count). The van der Waals surface area contributed by atoms with Crippen molar-refractivity contribution in [3.8, 4) is 0 Å². The second-order valence-corrected chi connectivity index (χ2v) is 6.86. The van der Waals surface area contributed by atoms with E-state index in [1.165, 1.54) is 6.07 Å². The number of rotatable bonds is 2. The summed E-state index contributed by atoms with van der Waals surface area (Å²) in [5, 5.41) is 5.18. The number of ether oxygens (including phenoxy) is 2. The highest BCUT2D eigenvalue weighted by atomic mass is 32.2. The summed E-state index contributed by atoms with van der Waals surface area (Å²) in [6.45, 7) is 2.64. The number of hydrogen-bond donors (Lipinski definition) is 2. The Morgan fingerprint density at radius 3 is 2.33 bits per heavy atom. The summed E-state index contributed by atoms with van der Waals surface area (Å²) in [6.07, 6.45) is 1.46. The van der Waals surface area contributed by atoms with Crippen LogP contribution in [0.25, 0.3) is 0 Å². The largest absolute Gasteiger partial charge is 0.396 e. The Bertz CT molecular complexity index is 631. The van der Waals surface area contributed by atoms with Crippen molar-refractivity contribution < 1.29 is 17.9 Å². The van der Waals surface area contributed by atoms with Crippen molar-refractivity contribution in [3.05, 3.63) is 18.2 Å². The van der Waals surface area contributed by atoms with Crippen molar-refractivity contribution in [1.82, 2.24) is 0 Å². The molecule has 4 N–H and O–H groups in total. The van der Waals surface area contributed by atoms with Gasteiger partial charge in [0, 0.05) is 25.9 Å². The van der Waals surface area contributed by atoms with Crippen LogP contribution in [0.2, 0.25) is 0 Å². The molecule has 0 radical (unpaired) electrons. The minimum Gasteiger partial charge on any atom is -0.396 e. The van der Waals surface area contributed by atoms with Crippen LogP contribution < -0.4 is 15.8 Å². The summed E-state index contributed by atoms with van der Waals surface area (Å²) in [5.41, 5.74) is 6.87. The van der Waals surface area contributed by atoms with Crippen molar-refractivity contribution in [2.75, 3.05) is 36.9 Å². The second-order valence-electron chi connectivity index (χ2n) is 5.33. The maximum absolute atomic E-state index is 11.5. The van der Waals surface area contributed by atoms with Crippen molar-refractivity contribution in [3.63, 3.8) is 0 Å². The SMILES string of the molecule is Nc1c(N2CCC3(CC2)OCCO3)cccc1S(N)(=O)=O. The van der Waals surface area contributed by atoms with Crippen LogP contribution in [0.15, 0.2) is 23.1 Å². The van der Waals surface area contributed by atoms with Gasteiger partial charge in [-0.2, -0.15) is 0 Å². The molecule has 8 heteroatoms. The van der Waals surface area contributed by atoms with Gasteiger partial charge in [-0.1, -0.05) is 6.07 Å². The standard InChI is InChI=1S/C13H19N3O4S/c14-12-10(2-1-3-11(12)21(15,17)18)16-6-4-13(5-7-16)19-8-9-20-13/h1-3H,4-9,14H2,(H2,15,17,18). The number of piperidine rings is 1. The van der Waals surface area contributed by atoms with Gasteiger partial charge in [-0.15, -0.1) is 0 Å². The fourth-order valence-corrected chi connectivity index (χ4v) is 3.61. The van der Waals surface area contributed by atoms with Crippen molar-refractivity contribution >= 4 is 21.4 Å². The molecule has 0 saturated carbocycles. The number of nitrogens with zero attached hydrogens (tertiary/aromatic N) is 1. The van der Waals surface area contributed by atoms with E-state index in [1.807, 2.05) is 4.90 Å². The summed E-state index contributed by atoms with van der Waals surface area (Å²) in [6, 6.07) is 4.87. The number of primary sulfonamides is 1. The molecule has 2 aliphatic rings. The molecule has 2 aliphatic heterocycles. The van der Waals surface area contributed by atoms with Crippen molar-refractivity contribution in [2.45, 2.75) is 23.5 Å². The lowest BCUT2D eigenvalue weighted by atomic mass is 10.0. The Hall–Kier alpha value is -1.35. The molecule has 0 bridgehead atoms. The fourth-order valence-electron chi connectivity index (χ4n) is 2.93. The lowest BCUT2D eigenvalue weighted by molar-refractivity contribution is -0.169. The van der Waals surface area contributed by atoms with Gasteiger partial charge in [0.2, 0.25) is 10.0 Å². The summed E-state index contributed by atoms with van der Waals surface area (Å²) < 4.78 is 34.4. The van der Waals surface area contributed by atoms with Crippen LogP contribution in [0, 0.1) is 0 Å². The van der Waals surface area contributed by atoms with Gasteiger partial charge in [-0.25, -0.2) is 13.6 Å². The molecule has 2 heterocycles. The van der Waals surface area contributed by atoms with Gasteiger partial charge < -0.3 is 20.1 Å². The quantitative estimate of drug-likeness (QED) is 0.758. The molecular weight excluding hydrogens is 294 g/mol. The van der Waals surface area contributed by atoms with Crippen molar-refractivity contribution in [2.24, 2.45) is 5.14 Å². The van der Waals surface area contributed by atoms with Gasteiger partial charge in [-0.05, 0) is 12.1 Å². The first-order valence-corrected chi connectivity index (χ1v) is 8.40.